The van der Waals surface area contributed by atoms with Crippen LogP contribution in [0.5, 0.6) is 0 Å². The fourth-order valence-electron chi connectivity index (χ4n) is 5.72. The molecule has 7 rings (SSSR count). The number of nitrogens with zero attached hydrogens (tertiary/aromatic N) is 4. The normalized spacial score (nSPS) is 23.9. The molecule has 3 aliphatic rings. The predicted octanol–water partition coefficient (Wildman–Crippen LogP) is 0.940. The summed E-state index contributed by atoms with van der Waals surface area (Å²) in [5.74, 6) is -10.4. The van der Waals surface area contributed by atoms with Gasteiger partial charge in [0.05, 0.1) is 34.7 Å². The lowest BCUT2D eigenvalue weighted by atomic mass is 9.59. The number of aromatic nitrogens is 2. The highest BCUT2D eigenvalue weighted by Gasteiger charge is 2.75. The fourth-order valence-corrected chi connectivity index (χ4v) is 7.87. The highest BCUT2D eigenvalue weighted by molar-refractivity contribution is 7.87. The monoisotopic (exact) mass is 608 g/mol. The summed E-state index contributed by atoms with van der Waals surface area (Å²) in [6, 6.07) is 14.8. The SMILES string of the molecule is O=C1C2C(C(=O)N1OS(=O)(=O)c1cccc3cccnc13)C1C(=O)N(OS(=O)(=O)c3cccc4cccnc34)C(=O)C21. The maximum atomic E-state index is 13.2. The first kappa shape index (κ1) is 26.3. The summed E-state index contributed by atoms with van der Waals surface area (Å²) in [4.78, 5) is 59.9. The Balaban J connectivity index is 1.15. The van der Waals surface area contributed by atoms with E-state index in [-0.39, 0.29) is 21.2 Å². The zero-order valence-corrected chi connectivity index (χ0v) is 22.6. The Morgan fingerprint density at radius 3 is 1.21 bits per heavy atom. The molecule has 2 aromatic heterocycles. The van der Waals surface area contributed by atoms with Crippen molar-refractivity contribution in [2.75, 3.05) is 0 Å². The number of para-hydroxylation sites is 2. The molecule has 2 aromatic carbocycles. The molecule has 42 heavy (non-hydrogen) atoms. The van der Waals surface area contributed by atoms with Crippen molar-refractivity contribution in [3.05, 3.63) is 73.1 Å². The van der Waals surface area contributed by atoms with Gasteiger partial charge in [-0.05, 0) is 24.3 Å². The molecule has 2 aliphatic heterocycles. The summed E-state index contributed by atoms with van der Waals surface area (Å²) in [5.41, 5.74) is 0.0828. The average molecular weight is 609 g/mol. The molecule has 3 fully saturated rings. The van der Waals surface area contributed by atoms with Crippen LogP contribution < -0.4 is 0 Å². The number of hydrogen-bond donors (Lipinski definition) is 0. The van der Waals surface area contributed by atoms with Crippen LogP contribution in [-0.2, 0) is 48.0 Å². The molecular formula is C26H16N4O10S2. The number of carbonyl (C=O) groups excluding carboxylic acids is 4. The van der Waals surface area contributed by atoms with Crippen LogP contribution in [0, 0.1) is 23.7 Å². The Kier molecular flexibility index (Phi) is 5.58. The zero-order valence-electron chi connectivity index (χ0n) is 20.9. The van der Waals surface area contributed by atoms with Gasteiger partial charge in [0.25, 0.3) is 23.6 Å². The molecule has 4 aromatic rings. The number of hydroxylamine groups is 4. The molecule has 16 heteroatoms. The van der Waals surface area contributed by atoms with E-state index in [1.807, 2.05) is 0 Å². The number of benzene rings is 2. The number of carbonyl (C=O) groups is 4. The molecule has 0 atom stereocenters. The third-order valence-corrected chi connectivity index (χ3v) is 9.99. The minimum absolute atomic E-state index is 0.0367. The Hall–Kier alpha value is -4.64. The van der Waals surface area contributed by atoms with E-state index in [0.717, 1.165) is 0 Å². The highest BCUT2D eigenvalue weighted by atomic mass is 32.2. The molecule has 0 spiro atoms. The summed E-state index contributed by atoms with van der Waals surface area (Å²) < 4.78 is 62.3. The van der Waals surface area contributed by atoms with E-state index >= 15 is 0 Å². The number of imide groups is 2. The second-order valence-corrected chi connectivity index (χ2v) is 12.8. The van der Waals surface area contributed by atoms with Gasteiger partial charge in [-0.3, -0.25) is 29.1 Å². The number of pyridine rings is 2. The van der Waals surface area contributed by atoms with Crippen molar-refractivity contribution < 1.29 is 44.6 Å². The quantitative estimate of drug-likeness (QED) is 0.282. The van der Waals surface area contributed by atoms with Crippen molar-refractivity contribution >= 4 is 65.7 Å². The molecule has 0 radical (unpaired) electrons. The maximum absolute atomic E-state index is 13.2. The summed E-state index contributed by atoms with van der Waals surface area (Å²) in [5, 5.41) is 0.993. The number of fused-ring (bicyclic) bond motifs is 6. The minimum atomic E-state index is -4.76. The van der Waals surface area contributed by atoms with Gasteiger partial charge in [-0.1, -0.05) is 36.4 Å². The van der Waals surface area contributed by atoms with Gasteiger partial charge in [0.15, 0.2) is 0 Å². The van der Waals surface area contributed by atoms with Gasteiger partial charge in [-0.2, -0.15) is 16.8 Å². The highest BCUT2D eigenvalue weighted by Crippen LogP contribution is 2.57. The molecule has 1 saturated carbocycles. The van der Waals surface area contributed by atoms with Crippen molar-refractivity contribution in [2.45, 2.75) is 9.79 Å². The first-order valence-electron chi connectivity index (χ1n) is 12.3. The summed E-state index contributed by atoms with van der Waals surface area (Å²) in [6.45, 7) is 0. The second kappa shape index (κ2) is 8.93. The maximum Gasteiger partial charge on any atom is 0.320 e. The van der Waals surface area contributed by atoms with Crippen LogP contribution in [0.25, 0.3) is 21.8 Å². The van der Waals surface area contributed by atoms with Gasteiger partial charge < -0.3 is 0 Å². The van der Waals surface area contributed by atoms with Crippen LogP contribution in [0.15, 0.2) is 82.8 Å². The summed E-state index contributed by atoms with van der Waals surface area (Å²) in [7, 11) is -9.52. The lowest BCUT2D eigenvalue weighted by Gasteiger charge is -2.35. The summed E-state index contributed by atoms with van der Waals surface area (Å²) in [6.07, 6.45) is 2.72. The summed E-state index contributed by atoms with van der Waals surface area (Å²) >= 11 is 0. The first-order chi connectivity index (χ1) is 20.0. The van der Waals surface area contributed by atoms with Gasteiger partial charge in [0, 0.05) is 23.2 Å². The molecule has 212 valence electrons. The van der Waals surface area contributed by atoms with Gasteiger partial charge in [0.1, 0.15) is 9.79 Å². The third kappa shape index (κ3) is 3.62. The lowest BCUT2D eigenvalue weighted by Crippen LogP contribution is -2.50. The van der Waals surface area contributed by atoms with E-state index in [1.165, 1.54) is 36.7 Å². The van der Waals surface area contributed by atoms with Crippen molar-refractivity contribution in [1.82, 2.24) is 20.1 Å². The smallest absolute Gasteiger partial charge is 0.272 e. The standard InChI is InChI=1S/C26H16N4O10S2/c31-23-17-18(24(32)29(23)39-41(35,36)15-9-1-5-13-7-3-11-27-21(13)15)20-19(17)25(33)30(26(20)34)40-42(37,38)16-10-2-6-14-8-4-12-28-22(14)16/h1-12,17-20H. The molecule has 4 heterocycles. The molecule has 0 bridgehead atoms. The third-order valence-electron chi connectivity index (χ3n) is 7.56. The Bertz CT molecular complexity index is 1910. The first-order valence-corrected chi connectivity index (χ1v) is 15.2. The minimum Gasteiger partial charge on any atom is -0.272 e. The van der Waals surface area contributed by atoms with Crippen molar-refractivity contribution in [3.8, 4) is 0 Å². The van der Waals surface area contributed by atoms with Crippen LogP contribution in [0.4, 0.5) is 0 Å². The second-order valence-electron chi connectivity index (χ2n) is 9.76. The van der Waals surface area contributed by atoms with Gasteiger partial charge in [-0.15, -0.1) is 18.7 Å². The number of amides is 4. The Morgan fingerprint density at radius 1 is 0.524 bits per heavy atom. The number of hydrogen-bond acceptors (Lipinski definition) is 12. The molecule has 2 saturated heterocycles. The zero-order chi connectivity index (χ0) is 29.6. The topological polar surface area (TPSA) is 187 Å². The van der Waals surface area contributed by atoms with E-state index in [0.29, 0.717) is 10.8 Å². The molecule has 0 unspecified atom stereocenters. The van der Waals surface area contributed by atoms with Crippen molar-refractivity contribution in [3.63, 3.8) is 0 Å². The number of rotatable bonds is 6. The van der Waals surface area contributed by atoms with Gasteiger partial charge in [0.2, 0.25) is 0 Å². The fraction of sp³-hybridized carbons (Fsp3) is 0.154. The molecule has 1 aliphatic carbocycles. The van der Waals surface area contributed by atoms with E-state index in [1.54, 1.807) is 36.4 Å². The van der Waals surface area contributed by atoms with Crippen LogP contribution in [0.2, 0.25) is 0 Å². The van der Waals surface area contributed by atoms with E-state index < -0.39 is 77.3 Å². The van der Waals surface area contributed by atoms with Crippen molar-refractivity contribution in [2.24, 2.45) is 23.7 Å². The van der Waals surface area contributed by atoms with Crippen LogP contribution in [0.1, 0.15) is 0 Å². The van der Waals surface area contributed by atoms with E-state index in [4.69, 9.17) is 8.57 Å². The molecular weight excluding hydrogens is 592 g/mol. The van der Waals surface area contributed by atoms with Crippen LogP contribution in [-0.4, -0.2) is 60.6 Å². The van der Waals surface area contributed by atoms with E-state index in [2.05, 4.69) is 9.97 Å². The largest absolute Gasteiger partial charge is 0.320 e. The Morgan fingerprint density at radius 2 is 0.857 bits per heavy atom. The van der Waals surface area contributed by atoms with E-state index in [9.17, 15) is 36.0 Å². The Labute approximate surface area is 236 Å². The predicted molar refractivity (Wildman–Crippen MR) is 138 cm³/mol. The van der Waals surface area contributed by atoms with Crippen LogP contribution in [0.3, 0.4) is 0 Å². The van der Waals surface area contributed by atoms with Crippen molar-refractivity contribution in [1.29, 1.82) is 0 Å². The lowest BCUT2D eigenvalue weighted by molar-refractivity contribution is -0.169. The van der Waals surface area contributed by atoms with Gasteiger partial charge >= 0.3 is 20.2 Å². The van der Waals surface area contributed by atoms with Gasteiger partial charge in [-0.25, -0.2) is 0 Å². The average Bonchev–Trinajstić information content (AvgIpc) is 3.27. The van der Waals surface area contributed by atoms with Crippen LogP contribution >= 0.6 is 0 Å². The molecule has 14 nitrogen and oxygen atoms in total. The molecule has 0 N–H and O–H groups in total. The molecule has 4 amide bonds.